The fourth-order valence-electron chi connectivity index (χ4n) is 3.93. The van der Waals surface area contributed by atoms with Crippen LogP contribution in [0.25, 0.3) is 0 Å². The van der Waals surface area contributed by atoms with Crippen molar-refractivity contribution in [1.29, 1.82) is 0 Å². The molecule has 0 aromatic heterocycles. The van der Waals surface area contributed by atoms with Gasteiger partial charge in [-0.15, -0.1) is 0 Å². The Morgan fingerprint density at radius 3 is 1.61 bits per heavy atom. The second kappa shape index (κ2) is 13.4. The van der Waals surface area contributed by atoms with Crippen molar-refractivity contribution < 1.29 is 14.7 Å². The molecule has 0 atom stereocenters. The van der Waals surface area contributed by atoms with Crippen LogP contribution in [0.15, 0.2) is 35.9 Å². The summed E-state index contributed by atoms with van der Waals surface area (Å²) in [5.41, 5.74) is 1.79. The van der Waals surface area contributed by atoms with E-state index in [1.165, 1.54) is 64.2 Å². The largest absolute Gasteiger partial charge is 0.396 e. The number of rotatable bonds is 15. The first kappa shape index (κ1) is 22.5. The molecule has 3 nitrogen and oxygen atoms in total. The van der Waals surface area contributed by atoms with Crippen LogP contribution in [0.2, 0.25) is 0 Å². The summed E-state index contributed by atoms with van der Waals surface area (Å²) < 4.78 is 0. The highest BCUT2D eigenvalue weighted by molar-refractivity contribution is 6.24. The number of benzene rings is 1. The van der Waals surface area contributed by atoms with Crippen LogP contribution in [0, 0.1) is 0 Å². The summed E-state index contributed by atoms with van der Waals surface area (Å²) in [5, 5.41) is 8.74. The SMILES string of the molecule is O=C1C=C(CCCCCCCCCCCCCCCO)C(=O)c2ccccc21. The fourth-order valence-corrected chi connectivity index (χ4v) is 3.93. The van der Waals surface area contributed by atoms with Crippen LogP contribution in [0.5, 0.6) is 0 Å². The molecule has 0 spiro atoms. The van der Waals surface area contributed by atoms with Crippen LogP contribution >= 0.6 is 0 Å². The number of ketones is 2. The van der Waals surface area contributed by atoms with Gasteiger partial charge in [0.1, 0.15) is 0 Å². The first-order chi connectivity index (χ1) is 13.7. The molecular weight excluding hydrogens is 348 g/mol. The van der Waals surface area contributed by atoms with E-state index in [0.29, 0.717) is 23.3 Å². The Kier molecular flexibility index (Phi) is 10.8. The van der Waals surface area contributed by atoms with E-state index in [1.54, 1.807) is 18.2 Å². The minimum atomic E-state index is -0.0291. The Hall–Kier alpha value is -1.74. The zero-order valence-corrected chi connectivity index (χ0v) is 17.3. The maximum atomic E-state index is 12.5. The topological polar surface area (TPSA) is 54.4 Å². The van der Waals surface area contributed by atoms with Gasteiger partial charge < -0.3 is 5.11 Å². The lowest BCUT2D eigenvalue weighted by Crippen LogP contribution is -2.16. The number of Topliss-reactive ketones (excluding diaryl/α,β-unsaturated/α-hetero) is 1. The highest BCUT2D eigenvalue weighted by Crippen LogP contribution is 2.24. The molecule has 1 aliphatic carbocycles. The number of allylic oxidation sites excluding steroid dienone is 2. The van der Waals surface area contributed by atoms with Gasteiger partial charge in [0.15, 0.2) is 11.6 Å². The molecule has 154 valence electrons. The average molecular weight is 385 g/mol. The number of aliphatic hydroxyl groups excluding tert-OH is 1. The van der Waals surface area contributed by atoms with Gasteiger partial charge in [-0.1, -0.05) is 94.9 Å². The second-order valence-electron chi connectivity index (χ2n) is 7.98. The van der Waals surface area contributed by atoms with E-state index >= 15 is 0 Å². The number of fused-ring (bicyclic) bond motifs is 1. The van der Waals surface area contributed by atoms with Gasteiger partial charge in [-0.2, -0.15) is 0 Å². The lowest BCUT2D eigenvalue weighted by Gasteiger charge is -2.14. The number of carbonyl (C=O) groups excluding carboxylic acids is 2. The normalized spacial score (nSPS) is 13.5. The smallest absolute Gasteiger partial charge is 0.189 e. The molecule has 2 rings (SSSR count). The molecule has 0 heterocycles. The minimum Gasteiger partial charge on any atom is -0.396 e. The molecule has 3 heteroatoms. The standard InChI is InChI=1S/C25H36O3/c26-19-15-11-9-7-5-3-1-2-4-6-8-10-12-16-21-20-24(27)22-17-13-14-18-23(22)25(21)28/h13-14,17-18,20,26H,1-12,15-16,19H2. The van der Waals surface area contributed by atoms with Crippen molar-refractivity contribution in [1.82, 2.24) is 0 Å². The number of unbranched alkanes of at least 4 members (excludes halogenated alkanes) is 12. The van der Waals surface area contributed by atoms with E-state index < -0.39 is 0 Å². The van der Waals surface area contributed by atoms with Crippen molar-refractivity contribution in [2.45, 2.75) is 89.9 Å². The van der Waals surface area contributed by atoms with Crippen molar-refractivity contribution in [2.75, 3.05) is 6.61 Å². The molecule has 0 aliphatic heterocycles. The lowest BCUT2D eigenvalue weighted by molar-refractivity contribution is 0.0981. The second-order valence-corrected chi connectivity index (χ2v) is 7.98. The predicted octanol–water partition coefficient (Wildman–Crippen LogP) is 6.45. The van der Waals surface area contributed by atoms with E-state index in [0.717, 1.165) is 25.7 Å². The maximum absolute atomic E-state index is 12.5. The van der Waals surface area contributed by atoms with E-state index in [4.69, 9.17) is 5.11 Å². The zero-order chi connectivity index (χ0) is 20.0. The Labute approximate surface area is 170 Å². The van der Waals surface area contributed by atoms with Crippen LogP contribution in [0.4, 0.5) is 0 Å². The van der Waals surface area contributed by atoms with Crippen LogP contribution in [0.1, 0.15) is 111 Å². The summed E-state index contributed by atoms with van der Waals surface area (Å²) in [6.07, 6.45) is 18.2. The van der Waals surface area contributed by atoms with E-state index in [2.05, 4.69) is 0 Å². The third-order valence-corrected chi connectivity index (χ3v) is 5.64. The molecular formula is C25H36O3. The van der Waals surface area contributed by atoms with Crippen molar-refractivity contribution >= 4 is 11.6 Å². The van der Waals surface area contributed by atoms with Crippen molar-refractivity contribution in [3.63, 3.8) is 0 Å². The Bertz CT molecular complexity index is 645. The molecule has 0 fully saturated rings. The molecule has 0 bridgehead atoms. The van der Waals surface area contributed by atoms with Gasteiger partial charge in [-0.25, -0.2) is 0 Å². The maximum Gasteiger partial charge on any atom is 0.189 e. The third kappa shape index (κ3) is 7.71. The van der Waals surface area contributed by atoms with Crippen LogP contribution in [-0.4, -0.2) is 23.3 Å². The summed E-state index contributed by atoms with van der Waals surface area (Å²) in [6.45, 7) is 0.333. The highest BCUT2D eigenvalue weighted by Gasteiger charge is 2.24. The van der Waals surface area contributed by atoms with Crippen LogP contribution in [0.3, 0.4) is 0 Å². The molecule has 28 heavy (non-hydrogen) atoms. The molecule has 0 unspecified atom stereocenters. The van der Waals surface area contributed by atoms with E-state index in [-0.39, 0.29) is 11.6 Å². The van der Waals surface area contributed by atoms with Crippen molar-refractivity contribution in [3.8, 4) is 0 Å². The average Bonchev–Trinajstić information content (AvgIpc) is 2.71. The fraction of sp³-hybridized carbons (Fsp3) is 0.600. The first-order valence-corrected chi connectivity index (χ1v) is 11.2. The molecule has 0 saturated carbocycles. The summed E-state index contributed by atoms with van der Waals surface area (Å²) in [6, 6.07) is 7.13. The summed E-state index contributed by atoms with van der Waals surface area (Å²) in [4.78, 5) is 24.6. The van der Waals surface area contributed by atoms with Gasteiger partial charge in [0.05, 0.1) is 0 Å². The predicted molar refractivity (Wildman–Crippen MR) is 115 cm³/mol. The van der Waals surface area contributed by atoms with Gasteiger partial charge in [0.25, 0.3) is 0 Å². The Morgan fingerprint density at radius 2 is 1.07 bits per heavy atom. The van der Waals surface area contributed by atoms with Crippen molar-refractivity contribution in [2.24, 2.45) is 0 Å². The quantitative estimate of drug-likeness (QED) is 0.354. The third-order valence-electron chi connectivity index (χ3n) is 5.64. The zero-order valence-electron chi connectivity index (χ0n) is 17.3. The summed E-state index contributed by atoms with van der Waals surface area (Å²) >= 11 is 0. The molecule has 1 N–H and O–H groups in total. The molecule has 0 saturated heterocycles. The van der Waals surface area contributed by atoms with Gasteiger partial charge in [-0.3, -0.25) is 9.59 Å². The lowest BCUT2D eigenvalue weighted by atomic mass is 9.87. The first-order valence-electron chi connectivity index (χ1n) is 11.2. The van der Waals surface area contributed by atoms with Gasteiger partial charge in [-0.05, 0) is 25.3 Å². The molecule has 1 aromatic carbocycles. The molecule has 0 amide bonds. The Balaban J connectivity index is 1.47. The van der Waals surface area contributed by atoms with E-state index in [9.17, 15) is 9.59 Å². The summed E-state index contributed by atoms with van der Waals surface area (Å²) in [5.74, 6) is 0.00478. The number of hydrogen-bond acceptors (Lipinski definition) is 3. The van der Waals surface area contributed by atoms with E-state index in [1.807, 2.05) is 12.1 Å². The van der Waals surface area contributed by atoms with Gasteiger partial charge in [0.2, 0.25) is 0 Å². The van der Waals surface area contributed by atoms with Gasteiger partial charge >= 0.3 is 0 Å². The Morgan fingerprint density at radius 1 is 0.607 bits per heavy atom. The monoisotopic (exact) mass is 384 g/mol. The van der Waals surface area contributed by atoms with Gasteiger partial charge in [0, 0.05) is 23.3 Å². The molecule has 1 aliphatic rings. The number of aliphatic hydroxyl groups is 1. The summed E-state index contributed by atoms with van der Waals surface area (Å²) in [7, 11) is 0. The number of carbonyl (C=O) groups is 2. The minimum absolute atomic E-state index is 0.0291. The number of hydrogen-bond donors (Lipinski definition) is 1. The molecule has 0 radical (unpaired) electrons. The van der Waals surface area contributed by atoms with Crippen LogP contribution in [-0.2, 0) is 0 Å². The molecule has 1 aromatic rings. The van der Waals surface area contributed by atoms with Crippen LogP contribution < -0.4 is 0 Å². The van der Waals surface area contributed by atoms with Crippen molar-refractivity contribution in [3.05, 3.63) is 47.0 Å². The highest BCUT2D eigenvalue weighted by atomic mass is 16.2.